The number of fused-ring (bicyclic) bond motifs is 2. The van der Waals surface area contributed by atoms with E-state index in [4.69, 9.17) is 0 Å². The lowest BCUT2D eigenvalue weighted by atomic mass is 10.1. The maximum absolute atomic E-state index is 12.7. The Labute approximate surface area is 161 Å². The van der Waals surface area contributed by atoms with Gasteiger partial charge in [-0.15, -0.1) is 11.3 Å². The molecule has 27 heavy (non-hydrogen) atoms. The van der Waals surface area contributed by atoms with Crippen LogP contribution in [-0.4, -0.2) is 18.4 Å². The lowest BCUT2D eigenvalue weighted by Crippen LogP contribution is -2.24. The molecule has 2 N–H and O–H groups in total. The molecule has 1 heterocycles. The molecule has 3 aromatic rings. The van der Waals surface area contributed by atoms with Crippen molar-refractivity contribution in [1.82, 2.24) is 5.32 Å². The van der Waals surface area contributed by atoms with Gasteiger partial charge in [0.05, 0.1) is 0 Å². The summed E-state index contributed by atoms with van der Waals surface area (Å²) in [7, 11) is 0. The Morgan fingerprint density at radius 1 is 0.963 bits per heavy atom. The summed E-state index contributed by atoms with van der Waals surface area (Å²) < 4.78 is 1.84. The summed E-state index contributed by atoms with van der Waals surface area (Å²) in [5.41, 5.74) is 0.575. The molecule has 0 unspecified atom stereocenters. The smallest absolute Gasteiger partial charge is 0.224 e. The molecule has 6 heteroatoms. The second kappa shape index (κ2) is 8.77. The van der Waals surface area contributed by atoms with Crippen LogP contribution in [0.25, 0.3) is 20.2 Å². The van der Waals surface area contributed by atoms with E-state index in [9.17, 15) is 14.4 Å². The quantitative estimate of drug-likeness (QED) is 0.605. The van der Waals surface area contributed by atoms with Crippen molar-refractivity contribution in [2.75, 3.05) is 11.9 Å². The minimum atomic E-state index is -0.158. The first kappa shape index (κ1) is 19.0. The Hall–Kier alpha value is -2.73. The number of anilines is 1. The largest absolute Gasteiger partial charge is 0.356 e. The van der Waals surface area contributed by atoms with Gasteiger partial charge in [0, 0.05) is 45.2 Å². The lowest BCUT2D eigenvalue weighted by Gasteiger charge is -2.07. The van der Waals surface area contributed by atoms with Crippen LogP contribution in [0.2, 0.25) is 0 Å². The third-order valence-corrected chi connectivity index (χ3v) is 5.39. The summed E-state index contributed by atoms with van der Waals surface area (Å²) in [6.07, 6.45) is 1.99. The zero-order valence-corrected chi connectivity index (χ0v) is 16.0. The zero-order chi connectivity index (χ0) is 19.2. The number of nitrogens with one attached hydrogen (secondary N) is 2. The number of hydrogen-bond acceptors (Lipinski definition) is 4. The predicted molar refractivity (Wildman–Crippen MR) is 111 cm³/mol. The van der Waals surface area contributed by atoms with Crippen molar-refractivity contribution in [3.63, 3.8) is 0 Å². The fourth-order valence-corrected chi connectivity index (χ4v) is 3.92. The van der Waals surface area contributed by atoms with Gasteiger partial charge in [0.1, 0.15) is 0 Å². The van der Waals surface area contributed by atoms with Crippen LogP contribution in [0.4, 0.5) is 5.69 Å². The van der Waals surface area contributed by atoms with E-state index in [1.54, 1.807) is 23.5 Å². The van der Waals surface area contributed by atoms with E-state index in [1.807, 2.05) is 37.3 Å². The third kappa shape index (κ3) is 4.71. The molecule has 0 bridgehead atoms. The number of benzene rings is 2. The van der Waals surface area contributed by atoms with Gasteiger partial charge in [0.15, 0.2) is 5.43 Å². The van der Waals surface area contributed by atoms with Crippen LogP contribution in [0.5, 0.6) is 0 Å². The number of carbonyl (C=O) groups is 2. The van der Waals surface area contributed by atoms with Crippen molar-refractivity contribution >= 4 is 49.0 Å². The number of hydrogen-bond donors (Lipinski definition) is 2. The van der Waals surface area contributed by atoms with Crippen LogP contribution < -0.4 is 16.1 Å². The van der Waals surface area contributed by atoms with E-state index in [0.29, 0.717) is 35.8 Å². The molecule has 5 nitrogen and oxygen atoms in total. The van der Waals surface area contributed by atoms with Gasteiger partial charge in [-0.1, -0.05) is 19.1 Å². The molecule has 140 valence electrons. The van der Waals surface area contributed by atoms with E-state index in [1.165, 1.54) is 0 Å². The van der Waals surface area contributed by atoms with Crippen LogP contribution in [0.1, 0.15) is 32.6 Å². The fourth-order valence-electron chi connectivity index (χ4n) is 2.87. The molecular formula is C21H22N2O3S. The second-order valence-electron chi connectivity index (χ2n) is 6.39. The Balaban J connectivity index is 1.67. The average Bonchev–Trinajstić information content (AvgIpc) is 2.67. The van der Waals surface area contributed by atoms with Crippen molar-refractivity contribution in [2.24, 2.45) is 0 Å². The van der Waals surface area contributed by atoms with Gasteiger partial charge in [-0.25, -0.2) is 0 Å². The molecule has 0 saturated heterocycles. The van der Waals surface area contributed by atoms with Gasteiger partial charge in [0.2, 0.25) is 11.8 Å². The van der Waals surface area contributed by atoms with Crippen LogP contribution in [0, 0.1) is 0 Å². The van der Waals surface area contributed by atoms with E-state index in [2.05, 4.69) is 10.6 Å². The Morgan fingerprint density at radius 3 is 2.52 bits per heavy atom. The van der Waals surface area contributed by atoms with Crippen molar-refractivity contribution in [3.05, 3.63) is 52.7 Å². The molecule has 0 aliphatic rings. The van der Waals surface area contributed by atoms with Gasteiger partial charge in [-0.3, -0.25) is 14.4 Å². The van der Waals surface area contributed by atoms with Crippen molar-refractivity contribution < 1.29 is 9.59 Å². The molecule has 2 aromatic carbocycles. The van der Waals surface area contributed by atoms with Crippen LogP contribution in [0.15, 0.2) is 47.3 Å². The van der Waals surface area contributed by atoms with E-state index in [-0.39, 0.29) is 23.7 Å². The molecule has 0 spiro atoms. The summed E-state index contributed by atoms with van der Waals surface area (Å²) in [5, 5.41) is 6.91. The Bertz CT molecular complexity index is 1040. The summed E-state index contributed by atoms with van der Waals surface area (Å²) >= 11 is 1.56. The molecule has 1 aromatic heterocycles. The van der Waals surface area contributed by atoms with Crippen LogP contribution in [-0.2, 0) is 9.59 Å². The van der Waals surface area contributed by atoms with Gasteiger partial charge in [-0.2, -0.15) is 0 Å². The first-order chi connectivity index (χ1) is 13.1. The fraction of sp³-hybridized carbons (Fsp3) is 0.286. The summed E-state index contributed by atoms with van der Waals surface area (Å²) in [6, 6.07) is 12.9. The molecule has 0 atom stereocenters. The molecule has 2 amide bonds. The van der Waals surface area contributed by atoms with Crippen LogP contribution in [0.3, 0.4) is 0 Å². The molecular weight excluding hydrogens is 360 g/mol. The van der Waals surface area contributed by atoms with Crippen LogP contribution >= 0.6 is 11.3 Å². The highest BCUT2D eigenvalue weighted by Crippen LogP contribution is 2.26. The SMILES string of the molecule is CCCNC(=O)CCCC(=O)Nc1ccc2sc3ccccc3c(=O)c2c1. The van der Waals surface area contributed by atoms with Gasteiger partial charge in [-0.05, 0) is 43.2 Å². The number of rotatable bonds is 7. The molecule has 3 rings (SSSR count). The summed E-state index contributed by atoms with van der Waals surface area (Å²) in [6.45, 7) is 2.66. The maximum Gasteiger partial charge on any atom is 0.224 e. The minimum Gasteiger partial charge on any atom is -0.356 e. The second-order valence-corrected chi connectivity index (χ2v) is 7.47. The first-order valence-corrected chi connectivity index (χ1v) is 9.92. The topological polar surface area (TPSA) is 75.3 Å². The highest BCUT2D eigenvalue weighted by molar-refractivity contribution is 7.24. The average molecular weight is 382 g/mol. The minimum absolute atomic E-state index is 0.0250. The molecule has 0 aliphatic carbocycles. The highest BCUT2D eigenvalue weighted by Gasteiger charge is 2.09. The summed E-state index contributed by atoms with van der Waals surface area (Å²) in [5.74, 6) is -0.186. The van der Waals surface area contributed by atoms with Gasteiger partial charge < -0.3 is 10.6 Å². The predicted octanol–water partition coefficient (Wildman–Crippen LogP) is 4.05. The maximum atomic E-state index is 12.7. The van der Waals surface area contributed by atoms with E-state index < -0.39 is 0 Å². The number of carbonyl (C=O) groups excluding carboxylic acids is 2. The van der Waals surface area contributed by atoms with Crippen molar-refractivity contribution in [3.8, 4) is 0 Å². The molecule has 0 saturated carbocycles. The molecule has 0 aliphatic heterocycles. The van der Waals surface area contributed by atoms with Gasteiger partial charge in [0.25, 0.3) is 0 Å². The van der Waals surface area contributed by atoms with Crippen molar-refractivity contribution in [1.29, 1.82) is 0 Å². The summed E-state index contributed by atoms with van der Waals surface area (Å²) in [4.78, 5) is 36.4. The first-order valence-electron chi connectivity index (χ1n) is 9.10. The standard InChI is InChI=1S/C21H22N2O3S/c1-2-12-22-19(24)8-5-9-20(25)23-14-10-11-18-16(13-14)21(26)15-6-3-4-7-17(15)27-18/h3-4,6-7,10-11,13H,2,5,8-9,12H2,1H3,(H,22,24)(H,23,25). The van der Waals surface area contributed by atoms with Gasteiger partial charge >= 0.3 is 0 Å². The van der Waals surface area contributed by atoms with Crippen molar-refractivity contribution in [2.45, 2.75) is 32.6 Å². The van der Waals surface area contributed by atoms with E-state index >= 15 is 0 Å². The lowest BCUT2D eigenvalue weighted by molar-refractivity contribution is -0.121. The Morgan fingerprint density at radius 2 is 1.70 bits per heavy atom. The highest BCUT2D eigenvalue weighted by atomic mass is 32.1. The molecule has 0 fully saturated rings. The zero-order valence-electron chi connectivity index (χ0n) is 15.2. The van der Waals surface area contributed by atoms with E-state index in [0.717, 1.165) is 15.8 Å². The molecule has 0 radical (unpaired) electrons. The Kier molecular flexibility index (Phi) is 6.19. The normalized spacial score (nSPS) is 10.9. The number of amides is 2. The third-order valence-electron chi connectivity index (χ3n) is 4.24. The monoisotopic (exact) mass is 382 g/mol.